The highest BCUT2D eigenvalue weighted by molar-refractivity contribution is 5.99. The average Bonchev–Trinajstić information content (AvgIpc) is 2.83. The lowest BCUT2D eigenvalue weighted by atomic mass is 10.1. The molecule has 2 saturated heterocycles. The van der Waals surface area contributed by atoms with E-state index in [9.17, 15) is 22.8 Å². The number of alkyl halides is 3. The number of nitrogens with one attached hydrogen (secondary N) is 1. The van der Waals surface area contributed by atoms with Crippen LogP contribution in [0.25, 0.3) is 0 Å². The van der Waals surface area contributed by atoms with Crippen molar-refractivity contribution in [2.24, 2.45) is 11.5 Å². The number of benzene rings is 1. The quantitative estimate of drug-likeness (QED) is 0.572. The molecule has 2 aliphatic rings. The second-order valence-electron chi connectivity index (χ2n) is 8.47. The number of aromatic nitrogens is 2. The lowest BCUT2D eigenvalue weighted by Gasteiger charge is -2.31. The van der Waals surface area contributed by atoms with Crippen LogP contribution in [0.15, 0.2) is 24.4 Å². The third-order valence-electron chi connectivity index (χ3n) is 5.85. The Morgan fingerprint density at radius 2 is 1.89 bits per heavy atom. The molecule has 1 atom stereocenters. The molecule has 1 aromatic heterocycles. The lowest BCUT2D eigenvalue weighted by molar-refractivity contribution is -0.137. The maximum absolute atomic E-state index is 13.7. The second kappa shape index (κ2) is 10.0. The summed E-state index contributed by atoms with van der Waals surface area (Å²) in [5.41, 5.74) is 10.1. The van der Waals surface area contributed by atoms with Crippen molar-refractivity contribution in [2.45, 2.75) is 25.1 Å². The molecule has 2 amide bonds. The molecule has 3 heterocycles. The first kappa shape index (κ1) is 24.7. The van der Waals surface area contributed by atoms with Crippen LogP contribution in [0.1, 0.15) is 39.1 Å². The number of nitrogens with zero attached hydrogens (tertiary/aromatic N) is 4. The molecule has 1 aromatic carbocycles. The van der Waals surface area contributed by atoms with Gasteiger partial charge in [-0.3, -0.25) is 9.59 Å². The molecule has 188 valence electrons. The van der Waals surface area contributed by atoms with E-state index < -0.39 is 23.6 Å². The van der Waals surface area contributed by atoms with E-state index in [-0.39, 0.29) is 47.7 Å². The first-order valence-corrected chi connectivity index (χ1v) is 11.2. The third kappa shape index (κ3) is 5.80. The zero-order valence-electron chi connectivity index (χ0n) is 18.8. The Kier molecular flexibility index (Phi) is 7.08. The smallest absolute Gasteiger partial charge is 0.378 e. The number of ether oxygens (including phenoxy) is 1. The van der Waals surface area contributed by atoms with Gasteiger partial charge in [0.1, 0.15) is 11.4 Å². The zero-order valence-corrected chi connectivity index (χ0v) is 18.8. The van der Waals surface area contributed by atoms with Crippen molar-refractivity contribution in [3.8, 4) is 0 Å². The van der Waals surface area contributed by atoms with Gasteiger partial charge in [0.15, 0.2) is 0 Å². The SMILES string of the molecule is NC(=O)c1cnc(N2CCC[C@H](N)C2)nc1Nc1cc(C(=O)N2CCOCC2)cc(C(F)(F)F)c1. The molecular formula is C22H26F3N7O3. The predicted octanol–water partition coefficient (Wildman–Crippen LogP) is 1.74. The fraction of sp³-hybridized carbons (Fsp3) is 0.455. The Morgan fingerprint density at radius 1 is 1.14 bits per heavy atom. The summed E-state index contributed by atoms with van der Waals surface area (Å²) in [5, 5.41) is 2.75. The number of piperidine rings is 1. The van der Waals surface area contributed by atoms with E-state index in [4.69, 9.17) is 16.2 Å². The summed E-state index contributed by atoms with van der Waals surface area (Å²) in [5.74, 6) is -1.20. The highest BCUT2D eigenvalue weighted by Gasteiger charge is 2.33. The highest BCUT2D eigenvalue weighted by Crippen LogP contribution is 2.33. The van der Waals surface area contributed by atoms with Crippen molar-refractivity contribution in [1.82, 2.24) is 14.9 Å². The maximum atomic E-state index is 13.7. The number of morpholine rings is 1. The number of rotatable bonds is 5. The number of amides is 2. The van der Waals surface area contributed by atoms with Gasteiger partial charge in [-0.2, -0.15) is 18.2 Å². The Morgan fingerprint density at radius 3 is 2.54 bits per heavy atom. The Bertz CT molecular complexity index is 1110. The normalized spacial score (nSPS) is 18.9. The number of anilines is 3. The first-order chi connectivity index (χ1) is 16.6. The van der Waals surface area contributed by atoms with Gasteiger partial charge in [0, 0.05) is 49.7 Å². The summed E-state index contributed by atoms with van der Waals surface area (Å²) in [7, 11) is 0. The molecule has 0 unspecified atom stereocenters. The molecule has 10 nitrogen and oxygen atoms in total. The van der Waals surface area contributed by atoms with E-state index in [0.29, 0.717) is 26.3 Å². The first-order valence-electron chi connectivity index (χ1n) is 11.2. The summed E-state index contributed by atoms with van der Waals surface area (Å²) in [6.07, 6.45) is -1.80. The fourth-order valence-corrected chi connectivity index (χ4v) is 4.06. The number of halogens is 3. The van der Waals surface area contributed by atoms with E-state index in [1.54, 1.807) is 0 Å². The molecular weight excluding hydrogens is 467 g/mol. The van der Waals surface area contributed by atoms with Gasteiger partial charge in [-0.05, 0) is 31.0 Å². The average molecular weight is 493 g/mol. The van der Waals surface area contributed by atoms with Gasteiger partial charge < -0.3 is 31.3 Å². The van der Waals surface area contributed by atoms with Crippen LogP contribution in [0, 0.1) is 0 Å². The van der Waals surface area contributed by atoms with E-state index in [1.165, 1.54) is 17.2 Å². The highest BCUT2D eigenvalue weighted by atomic mass is 19.4. The number of primary amides is 1. The van der Waals surface area contributed by atoms with Crippen molar-refractivity contribution in [3.05, 3.63) is 41.1 Å². The van der Waals surface area contributed by atoms with Gasteiger partial charge in [0.2, 0.25) is 5.95 Å². The zero-order chi connectivity index (χ0) is 25.2. The molecule has 2 aromatic rings. The minimum atomic E-state index is -4.70. The van der Waals surface area contributed by atoms with Crippen molar-refractivity contribution in [2.75, 3.05) is 49.6 Å². The number of carbonyl (C=O) groups is 2. The number of nitrogens with two attached hydrogens (primary N) is 2. The molecule has 4 rings (SSSR count). The van der Waals surface area contributed by atoms with Gasteiger partial charge >= 0.3 is 6.18 Å². The molecule has 0 spiro atoms. The van der Waals surface area contributed by atoms with Gasteiger partial charge in [-0.1, -0.05) is 0 Å². The van der Waals surface area contributed by atoms with Gasteiger partial charge in [-0.15, -0.1) is 0 Å². The van der Waals surface area contributed by atoms with Crippen LogP contribution in [-0.4, -0.2) is 72.1 Å². The molecule has 35 heavy (non-hydrogen) atoms. The lowest BCUT2D eigenvalue weighted by Crippen LogP contribution is -2.43. The number of hydrogen-bond donors (Lipinski definition) is 3. The molecule has 2 aliphatic heterocycles. The predicted molar refractivity (Wildman–Crippen MR) is 121 cm³/mol. The van der Waals surface area contributed by atoms with Crippen LogP contribution >= 0.6 is 0 Å². The summed E-state index contributed by atoms with van der Waals surface area (Å²) < 4.78 is 46.2. The number of carbonyl (C=O) groups excluding carboxylic acids is 2. The summed E-state index contributed by atoms with van der Waals surface area (Å²) in [4.78, 5) is 36.7. The van der Waals surface area contributed by atoms with Crippen molar-refractivity contribution in [3.63, 3.8) is 0 Å². The topological polar surface area (TPSA) is 140 Å². The monoisotopic (exact) mass is 493 g/mol. The number of hydrogen-bond acceptors (Lipinski definition) is 8. The van der Waals surface area contributed by atoms with E-state index >= 15 is 0 Å². The minimum Gasteiger partial charge on any atom is -0.378 e. The van der Waals surface area contributed by atoms with Crippen molar-refractivity contribution in [1.29, 1.82) is 0 Å². The van der Waals surface area contributed by atoms with E-state index in [2.05, 4.69) is 15.3 Å². The molecule has 5 N–H and O–H groups in total. The molecule has 13 heteroatoms. The standard InChI is InChI=1S/C22H26F3N7O3/c23-22(24,25)14-8-13(20(34)31-4-6-35-7-5-31)9-16(10-14)29-19-17(18(27)33)11-28-21(30-19)32-3-1-2-15(26)12-32/h8-11,15H,1-7,12,26H2,(H2,27,33)(H,28,29,30)/t15-/m0/s1. The fourth-order valence-electron chi connectivity index (χ4n) is 4.06. The van der Waals surface area contributed by atoms with Crippen LogP contribution in [0.3, 0.4) is 0 Å². The molecule has 0 saturated carbocycles. The Hall–Kier alpha value is -3.45. The van der Waals surface area contributed by atoms with Crippen LogP contribution in [0.5, 0.6) is 0 Å². The van der Waals surface area contributed by atoms with Gasteiger partial charge in [0.05, 0.1) is 18.8 Å². The maximum Gasteiger partial charge on any atom is 0.416 e. The van der Waals surface area contributed by atoms with Gasteiger partial charge in [-0.25, -0.2) is 4.98 Å². The largest absolute Gasteiger partial charge is 0.416 e. The summed E-state index contributed by atoms with van der Waals surface area (Å²) in [6, 6.07) is 2.87. The van der Waals surface area contributed by atoms with Crippen molar-refractivity contribution < 1.29 is 27.5 Å². The van der Waals surface area contributed by atoms with Crippen LogP contribution in [-0.2, 0) is 10.9 Å². The minimum absolute atomic E-state index is 0.0641. The summed E-state index contributed by atoms with van der Waals surface area (Å²) >= 11 is 0. The molecule has 2 fully saturated rings. The van der Waals surface area contributed by atoms with Crippen LogP contribution in [0.4, 0.5) is 30.6 Å². The van der Waals surface area contributed by atoms with Gasteiger partial charge in [0.25, 0.3) is 11.8 Å². The van der Waals surface area contributed by atoms with E-state index in [1.807, 2.05) is 4.90 Å². The second-order valence-corrected chi connectivity index (χ2v) is 8.47. The Labute approximate surface area is 199 Å². The third-order valence-corrected chi connectivity index (χ3v) is 5.85. The molecule has 0 aliphatic carbocycles. The molecule has 0 bridgehead atoms. The van der Waals surface area contributed by atoms with E-state index in [0.717, 1.165) is 25.0 Å². The van der Waals surface area contributed by atoms with Crippen molar-refractivity contribution >= 4 is 29.3 Å². The summed E-state index contributed by atoms with van der Waals surface area (Å²) in [6.45, 7) is 2.30. The van der Waals surface area contributed by atoms with Crippen LogP contribution in [0.2, 0.25) is 0 Å². The Balaban J connectivity index is 1.70. The molecule has 0 radical (unpaired) electrons. The van der Waals surface area contributed by atoms with Crippen LogP contribution < -0.4 is 21.7 Å².